The van der Waals surface area contributed by atoms with Gasteiger partial charge in [0.2, 0.25) is 0 Å². The standard InChI is InChI=1S/C30H33BrN4O3S/c31-20-7-10-25-23(17-20)24-18-26-29(36)34(21-3-1-2-4-21)30(39)35(26)28(27(24)32-25)19-5-8-22(9-6-19)38-16-13-33-11-14-37-15-12-33/h5-10,17,21,26,28,32H,1-4,11-16,18H2. The molecule has 1 aliphatic carbocycles. The number of fused-ring (bicyclic) bond motifs is 4. The summed E-state index contributed by atoms with van der Waals surface area (Å²) in [4.78, 5) is 24.1. The molecule has 2 atom stereocenters. The second kappa shape index (κ2) is 10.5. The number of carbonyl (C=O) groups is 1. The number of amides is 1. The summed E-state index contributed by atoms with van der Waals surface area (Å²) in [6, 6.07) is 14.5. The third kappa shape index (κ3) is 4.57. The third-order valence-corrected chi connectivity index (χ3v) is 9.70. The molecular formula is C30H33BrN4O3S. The summed E-state index contributed by atoms with van der Waals surface area (Å²) in [5.74, 6) is 1.02. The van der Waals surface area contributed by atoms with Crippen LogP contribution in [0.5, 0.6) is 5.75 Å². The summed E-state index contributed by atoms with van der Waals surface area (Å²) in [6.07, 6.45) is 5.06. The quantitative estimate of drug-likeness (QED) is 0.396. The molecule has 4 aliphatic rings. The average Bonchev–Trinajstić information content (AvgIpc) is 3.66. The Labute approximate surface area is 242 Å². The van der Waals surface area contributed by atoms with Crippen molar-refractivity contribution in [3.05, 3.63) is 63.8 Å². The van der Waals surface area contributed by atoms with Crippen molar-refractivity contribution in [1.82, 2.24) is 19.7 Å². The molecule has 3 aliphatic heterocycles. The lowest BCUT2D eigenvalue weighted by Crippen LogP contribution is -2.44. The van der Waals surface area contributed by atoms with Gasteiger partial charge in [-0.25, -0.2) is 0 Å². The summed E-state index contributed by atoms with van der Waals surface area (Å²) in [7, 11) is 0. The van der Waals surface area contributed by atoms with Gasteiger partial charge >= 0.3 is 0 Å². The molecule has 2 unspecified atom stereocenters. The molecule has 1 saturated carbocycles. The van der Waals surface area contributed by atoms with Gasteiger partial charge in [0.25, 0.3) is 5.91 Å². The van der Waals surface area contributed by atoms with Crippen LogP contribution < -0.4 is 4.74 Å². The van der Waals surface area contributed by atoms with Gasteiger partial charge in [0, 0.05) is 53.2 Å². The first-order valence-corrected chi connectivity index (χ1v) is 15.3. The zero-order chi connectivity index (χ0) is 26.5. The molecule has 2 saturated heterocycles. The number of rotatable bonds is 6. The topological polar surface area (TPSA) is 61.0 Å². The van der Waals surface area contributed by atoms with Crippen molar-refractivity contribution in [2.75, 3.05) is 39.5 Å². The first kappa shape index (κ1) is 25.5. The van der Waals surface area contributed by atoms with Gasteiger partial charge in [-0.1, -0.05) is 40.9 Å². The first-order chi connectivity index (χ1) is 19.1. The third-order valence-electron chi connectivity index (χ3n) is 8.80. The molecule has 204 valence electrons. The Kier molecular flexibility index (Phi) is 6.87. The van der Waals surface area contributed by atoms with Crippen molar-refractivity contribution in [3.63, 3.8) is 0 Å². The van der Waals surface area contributed by atoms with Gasteiger partial charge in [-0.2, -0.15) is 0 Å². The van der Waals surface area contributed by atoms with Gasteiger partial charge < -0.3 is 19.4 Å². The van der Waals surface area contributed by atoms with Crippen molar-refractivity contribution in [3.8, 4) is 5.75 Å². The lowest BCUT2D eigenvalue weighted by molar-refractivity contribution is -0.129. The number of hydrogen-bond donors (Lipinski definition) is 1. The molecule has 2 aromatic carbocycles. The molecule has 39 heavy (non-hydrogen) atoms. The number of halogens is 1. The number of nitrogens with zero attached hydrogens (tertiary/aromatic N) is 3. The lowest BCUT2D eigenvalue weighted by atomic mass is 9.89. The van der Waals surface area contributed by atoms with E-state index in [0.29, 0.717) is 18.1 Å². The minimum Gasteiger partial charge on any atom is -0.492 e. The highest BCUT2D eigenvalue weighted by Crippen LogP contribution is 2.46. The summed E-state index contributed by atoms with van der Waals surface area (Å²) >= 11 is 9.72. The minimum absolute atomic E-state index is 0.157. The lowest BCUT2D eigenvalue weighted by Gasteiger charge is -2.37. The Morgan fingerprint density at radius 3 is 2.62 bits per heavy atom. The molecule has 0 bridgehead atoms. The number of H-pyrrole nitrogens is 1. The molecule has 4 heterocycles. The predicted octanol–water partition coefficient (Wildman–Crippen LogP) is 5.03. The summed E-state index contributed by atoms with van der Waals surface area (Å²) in [5.41, 5.74) is 4.54. The van der Waals surface area contributed by atoms with Crippen LogP contribution in [0.4, 0.5) is 0 Å². The fraction of sp³-hybridized carbons (Fsp3) is 0.467. The van der Waals surface area contributed by atoms with Crippen molar-refractivity contribution in [2.45, 2.75) is 50.2 Å². The SMILES string of the molecule is O=C1C2Cc3c([nH]c4ccc(Br)cc34)C(c3ccc(OCCN4CCOCC4)cc3)N2C(=S)N1C1CCCC1. The number of benzene rings is 2. The monoisotopic (exact) mass is 608 g/mol. The highest BCUT2D eigenvalue weighted by atomic mass is 79.9. The Balaban J connectivity index is 1.21. The van der Waals surface area contributed by atoms with Gasteiger partial charge in [-0.15, -0.1) is 0 Å². The van der Waals surface area contributed by atoms with Crippen LogP contribution in [0, 0.1) is 0 Å². The van der Waals surface area contributed by atoms with E-state index in [0.717, 1.165) is 85.5 Å². The highest BCUT2D eigenvalue weighted by molar-refractivity contribution is 9.10. The normalized spacial score (nSPS) is 24.0. The van der Waals surface area contributed by atoms with E-state index in [9.17, 15) is 4.79 Å². The fourth-order valence-electron chi connectivity index (χ4n) is 6.82. The van der Waals surface area contributed by atoms with Crippen LogP contribution in [0.25, 0.3) is 10.9 Å². The Morgan fingerprint density at radius 2 is 1.85 bits per heavy atom. The minimum atomic E-state index is -0.280. The number of aromatic amines is 1. The van der Waals surface area contributed by atoms with Crippen LogP contribution in [0.1, 0.15) is 48.5 Å². The molecule has 7 nitrogen and oxygen atoms in total. The van der Waals surface area contributed by atoms with E-state index in [1.807, 2.05) is 17.0 Å². The van der Waals surface area contributed by atoms with Gasteiger partial charge in [0.1, 0.15) is 18.4 Å². The van der Waals surface area contributed by atoms with E-state index in [4.69, 9.17) is 21.7 Å². The van der Waals surface area contributed by atoms with Crippen LogP contribution in [-0.4, -0.2) is 82.2 Å². The molecule has 9 heteroatoms. The van der Waals surface area contributed by atoms with E-state index >= 15 is 0 Å². The number of ether oxygens (including phenoxy) is 2. The van der Waals surface area contributed by atoms with Crippen LogP contribution >= 0.6 is 28.1 Å². The Hall–Kier alpha value is -2.46. The van der Waals surface area contributed by atoms with Gasteiger partial charge in [0.05, 0.1) is 19.3 Å². The van der Waals surface area contributed by atoms with Crippen molar-refractivity contribution in [1.29, 1.82) is 0 Å². The first-order valence-electron chi connectivity index (χ1n) is 14.1. The smallest absolute Gasteiger partial charge is 0.252 e. The Morgan fingerprint density at radius 1 is 1.08 bits per heavy atom. The number of aromatic nitrogens is 1. The van der Waals surface area contributed by atoms with Gasteiger partial charge in [-0.3, -0.25) is 14.6 Å². The van der Waals surface area contributed by atoms with E-state index < -0.39 is 0 Å². The van der Waals surface area contributed by atoms with Crippen molar-refractivity contribution >= 4 is 50.1 Å². The molecule has 1 amide bonds. The highest BCUT2D eigenvalue weighted by Gasteiger charge is 2.52. The van der Waals surface area contributed by atoms with Crippen LogP contribution in [0.3, 0.4) is 0 Å². The van der Waals surface area contributed by atoms with Gasteiger partial charge in [-0.05, 0) is 66.5 Å². The number of thiocarbonyl (C=S) groups is 1. The van der Waals surface area contributed by atoms with Crippen molar-refractivity contribution < 1.29 is 14.3 Å². The maximum Gasteiger partial charge on any atom is 0.252 e. The number of nitrogens with one attached hydrogen (secondary N) is 1. The number of morpholine rings is 1. The maximum atomic E-state index is 13.9. The number of carbonyl (C=O) groups excluding carboxylic acids is 1. The molecule has 0 radical (unpaired) electrons. The molecule has 1 aromatic heterocycles. The second-order valence-corrected chi connectivity index (χ2v) is 12.3. The molecule has 0 spiro atoms. The maximum absolute atomic E-state index is 13.9. The zero-order valence-corrected chi connectivity index (χ0v) is 24.3. The fourth-order valence-corrected chi connectivity index (χ4v) is 7.66. The molecule has 3 fully saturated rings. The van der Waals surface area contributed by atoms with Crippen LogP contribution in [0.15, 0.2) is 46.9 Å². The zero-order valence-electron chi connectivity index (χ0n) is 21.9. The molecule has 1 N–H and O–H groups in total. The van der Waals surface area contributed by atoms with E-state index in [2.05, 4.69) is 61.0 Å². The number of hydrogen-bond acceptors (Lipinski definition) is 5. The van der Waals surface area contributed by atoms with Crippen molar-refractivity contribution in [2.24, 2.45) is 0 Å². The average molecular weight is 610 g/mol. The predicted molar refractivity (Wildman–Crippen MR) is 158 cm³/mol. The summed E-state index contributed by atoms with van der Waals surface area (Å²) in [6.45, 7) is 5.05. The molecular weight excluding hydrogens is 576 g/mol. The van der Waals surface area contributed by atoms with E-state index in [1.54, 1.807) is 0 Å². The molecule has 3 aromatic rings. The van der Waals surface area contributed by atoms with Crippen LogP contribution in [0.2, 0.25) is 0 Å². The van der Waals surface area contributed by atoms with Crippen LogP contribution in [-0.2, 0) is 16.0 Å². The van der Waals surface area contributed by atoms with E-state index in [-0.39, 0.29) is 24.0 Å². The summed E-state index contributed by atoms with van der Waals surface area (Å²) in [5, 5.41) is 1.85. The van der Waals surface area contributed by atoms with E-state index in [1.165, 1.54) is 10.9 Å². The second-order valence-electron chi connectivity index (χ2n) is 11.0. The molecule has 7 rings (SSSR count). The summed E-state index contributed by atoms with van der Waals surface area (Å²) < 4.78 is 12.6. The largest absolute Gasteiger partial charge is 0.492 e. The Bertz CT molecular complexity index is 1400. The van der Waals surface area contributed by atoms with Gasteiger partial charge in [0.15, 0.2) is 5.11 Å².